The number of aromatic nitrogens is 1. The first-order chi connectivity index (χ1) is 4.47. The Bertz CT molecular complexity index is 279. The molecule has 0 aliphatic carbocycles. The maximum absolute atomic E-state index is 3.12. The van der Waals surface area contributed by atoms with Crippen LogP contribution in [0, 0.1) is 7.43 Å². The molecule has 2 rings (SSSR count). The number of hydrogen-bond acceptors (Lipinski definition) is 0. The van der Waals surface area contributed by atoms with Gasteiger partial charge in [0.2, 0.25) is 0 Å². The molecule has 1 aromatic heterocycles. The van der Waals surface area contributed by atoms with Crippen LogP contribution in [0.2, 0.25) is 0 Å². The smallest absolute Gasteiger partial charge is 0.0453 e. The van der Waals surface area contributed by atoms with E-state index in [1.165, 1.54) is 10.9 Å². The van der Waals surface area contributed by atoms with Crippen molar-refractivity contribution in [2.45, 2.75) is 0 Å². The molecule has 1 nitrogen and oxygen atoms in total. The van der Waals surface area contributed by atoms with Crippen molar-refractivity contribution in [1.29, 1.82) is 0 Å². The molecule has 0 unspecified atom stereocenters. The second-order valence-corrected chi connectivity index (χ2v) is 2.06. The number of aromatic amines is 1. The summed E-state index contributed by atoms with van der Waals surface area (Å²) in [6.45, 7) is 0. The number of fused-ring (bicyclic) bond motifs is 1. The van der Waals surface area contributed by atoms with Crippen LogP contribution in [0.15, 0.2) is 36.5 Å². The van der Waals surface area contributed by atoms with Gasteiger partial charge in [-0.25, -0.2) is 0 Å². The largest absolute Gasteiger partial charge is 0.361 e. The van der Waals surface area contributed by atoms with Gasteiger partial charge in [0.15, 0.2) is 0 Å². The molecular formula is C9H7N. The lowest BCUT2D eigenvalue weighted by molar-refractivity contribution is 1.48. The van der Waals surface area contributed by atoms with Crippen LogP contribution in [-0.2, 0) is 0 Å². The summed E-state index contributed by atoms with van der Waals surface area (Å²) in [5.41, 5.74) is 1.21. The molecule has 0 aliphatic heterocycles. The summed E-state index contributed by atoms with van der Waals surface area (Å²) < 4.78 is 0. The molecule has 4 radical (unpaired) electrons. The maximum atomic E-state index is 3.12. The normalized spacial score (nSPS) is 9.20. The van der Waals surface area contributed by atoms with Gasteiger partial charge in [0.25, 0.3) is 0 Å². The van der Waals surface area contributed by atoms with Crippen LogP contribution in [0.1, 0.15) is 0 Å². The van der Waals surface area contributed by atoms with E-state index in [0.717, 1.165) is 0 Å². The molecule has 1 N–H and O–H groups in total. The zero-order valence-corrected chi connectivity index (χ0v) is 5.46. The second-order valence-electron chi connectivity index (χ2n) is 2.06. The predicted molar refractivity (Wildman–Crippen MR) is 41.5 cm³/mol. The number of para-hydroxylation sites is 1. The molecule has 48 valence electrons. The maximum Gasteiger partial charge on any atom is 0.0453 e. The van der Waals surface area contributed by atoms with Crippen LogP contribution in [0.5, 0.6) is 0 Å². The first-order valence-electron chi connectivity index (χ1n) is 2.99. The number of nitrogens with one attached hydrogen (secondary N) is 1. The quantitative estimate of drug-likeness (QED) is 0.561. The van der Waals surface area contributed by atoms with Crippen LogP contribution in [-0.4, -0.2) is 4.98 Å². The molecule has 0 aliphatic rings. The average Bonchev–Trinajstić information content (AvgIpc) is 2.33. The minimum Gasteiger partial charge on any atom is -0.361 e. The lowest BCUT2D eigenvalue weighted by Crippen LogP contribution is -1.61. The zero-order valence-electron chi connectivity index (χ0n) is 5.46. The van der Waals surface area contributed by atoms with Crippen LogP contribution in [0.3, 0.4) is 0 Å². The topological polar surface area (TPSA) is 15.8 Å². The molecule has 1 heterocycles. The van der Waals surface area contributed by atoms with Gasteiger partial charge in [0.05, 0.1) is 0 Å². The number of rotatable bonds is 0. The fourth-order valence-electron chi connectivity index (χ4n) is 0.995. The summed E-state index contributed by atoms with van der Waals surface area (Å²) in [6.07, 6.45) is 1.95. The number of benzene rings is 1. The summed E-state index contributed by atoms with van der Waals surface area (Å²) in [4.78, 5) is 3.12. The third-order valence-electron chi connectivity index (χ3n) is 1.46. The van der Waals surface area contributed by atoms with Crippen LogP contribution in [0.25, 0.3) is 10.9 Å². The van der Waals surface area contributed by atoms with Gasteiger partial charge in [-0.3, -0.25) is 0 Å². The fraction of sp³-hybridized carbons (Fsp3) is 0. The Kier molecular flexibility index (Phi) is 1.76. The minimum atomic E-state index is 0. The molecular weight excluding hydrogens is 122 g/mol. The minimum absolute atomic E-state index is 0. The lowest BCUT2D eigenvalue weighted by Gasteiger charge is -1.83. The van der Waals surface area contributed by atoms with Gasteiger partial charge in [-0.15, -0.1) is 0 Å². The molecule has 0 saturated heterocycles. The first kappa shape index (κ1) is 6.87. The molecule has 0 bridgehead atoms. The standard InChI is InChI=1S/C8H7N.C/c1-2-4-8-7(3-1)5-6-9-8;/h1-6,9H;. The van der Waals surface area contributed by atoms with Crippen molar-refractivity contribution in [3.8, 4) is 0 Å². The Morgan fingerprint density at radius 3 is 2.60 bits per heavy atom. The highest BCUT2D eigenvalue weighted by molar-refractivity contribution is 5.78. The van der Waals surface area contributed by atoms with E-state index in [0.29, 0.717) is 0 Å². The van der Waals surface area contributed by atoms with E-state index in [9.17, 15) is 0 Å². The van der Waals surface area contributed by atoms with Gasteiger partial charge < -0.3 is 4.98 Å². The van der Waals surface area contributed by atoms with Gasteiger partial charge in [-0.2, -0.15) is 0 Å². The van der Waals surface area contributed by atoms with Crippen molar-refractivity contribution in [1.82, 2.24) is 4.98 Å². The van der Waals surface area contributed by atoms with Crippen LogP contribution < -0.4 is 0 Å². The van der Waals surface area contributed by atoms with E-state index in [1.54, 1.807) is 0 Å². The average molecular weight is 129 g/mol. The van der Waals surface area contributed by atoms with Gasteiger partial charge in [-0.1, -0.05) is 18.2 Å². The van der Waals surface area contributed by atoms with Crippen molar-refractivity contribution in [3.05, 3.63) is 44.0 Å². The molecule has 0 atom stereocenters. The molecule has 10 heavy (non-hydrogen) atoms. The Morgan fingerprint density at radius 1 is 1.00 bits per heavy atom. The van der Waals surface area contributed by atoms with E-state index in [1.807, 2.05) is 18.3 Å². The predicted octanol–water partition coefficient (Wildman–Crippen LogP) is 2.25. The molecule has 0 amide bonds. The Labute approximate surface area is 60.7 Å². The second kappa shape index (κ2) is 2.56. The molecule has 1 aromatic carbocycles. The highest BCUT2D eigenvalue weighted by Gasteiger charge is 1.86. The van der Waals surface area contributed by atoms with Crippen LogP contribution >= 0.6 is 0 Å². The van der Waals surface area contributed by atoms with Crippen molar-refractivity contribution in [2.24, 2.45) is 0 Å². The number of hydrogen-bond donors (Lipinski definition) is 1. The van der Waals surface area contributed by atoms with E-state index in [2.05, 4.69) is 23.2 Å². The van der Waals surface area contributed by atoms with Crippen LogP contribution in [0.4, 0.5) is 0 Å². The Hall–Kier alpha value is -1.24. The lowest BCUT2D eigenvalue weighted by atomic mass is 10.3. The summed E-state index contributed by atoms with van der Waals surface area (Å²) in [7, 11) is 0. The van der Waals surface area contributed by atoms with Gasteiger partial charge in [-0.05, 0) is 17.5 Å². The Balaban J connectivity index is 0.000000500. The molecule has 2 aromatic rings. The van der Waals surface area contributed by atoms with Crippen molar-refractivity contribution in [3.63, 3.8) is 0 Å². The zero-order chi connectivity index (χ0) is 6.10. The Morgan fingerprint density at radius 2 is 1.80 bits per heavy atom. The van der Waals surface area contributed by atoms with Gasteiger partial charge >= 0.3 is 0 Å². The number of H-pyrrole nitrogens is 1. The third kappa shape index (κ3) is 0.903. The highest BCUT2D eigenvalue weighted by atomic mass is 14.6. The molecule has 0 spiro atoms. The first-order valence-corrected chi connectivity index (χ1v) is 2.99. The van der Waals surface area contributed by atoms with Gasteiger partial charge in [0.1, 0.15) is 0 Å². The summed E-state index contributed by atoms with van der Waals surface area (Å²) >= 11 is 0. The molecule has 1 heteroatoms. The van der Waals surface area contributed by atoms with E-state index >= 15 is 0 Å². The van der Waals surface area contributed by atoms with E-state index < -0.39 is 0 Å². The third-order valence-corrected chi connectivity index (χ3v) is 1.46. The summed E-state index contributed by atoms with van der Waals surface area (Å²) in [5, 5.41) is 1.28. The van der Waals surface area contributed by atoms with E-state index in [-0.39, 0.29) is 7.43 Å². The monoisotopic (exact) mass is 129 g/mol. The molecule has 0 saturated carbocycles. The summed E-state index contributed by atoms with van der Waals surface area (Å²) in [5.74, 6) is 0. The molecule has 0 fully saturated rings. The SMILES string of the molecule is [C].c1ccc2[nH]ccc2c1. The summed E-state index contributed by atoms with van der Waals surface area (Å²) in [6, 6.07) is 10.3. The highest BCUT2D eigenvalue weighted by Crippen LogP contribution is 2.09. The van der Waals surface area contributed by atoms with Crippen molar-refractivity contribution >= 4 is 10.9 Å². The van der Waals surface area contributed by atoms with Crippen molar-refractivity contribution < 1.29 is 0 Å². The van der Waals surface area contributed by atoms with Crippen molar-refractivity contribution in [2.75, 3.05) is 0 Å². The van der Waals surface area contributed by atoms with E-state index in [4.69, 9.17) is 0 Å². The van der Waals surface area contributed by atoms with Gasteiger partial charge in [0, 0.05) is 19.1 Å². The fourth-order valence-corrected chi connectivity index (χ4v) is 0.995.